The minimum Gasteiger partial charge on any atom is -0.744 e. The van der Waals surface area contributed by atoms with Gasteiger partial charge in [0.15, 0.2) is 12.4 Å². The molecule has 0 aliphatic heterocycles. The van der Waals surface area contributed by atoms with Crippen LogP contribution >= 0.6 is 0 Å². The lowest BCUT2D eigenvalue weighted by molar-refractivity contribution is -0.699. The Morgan fingerprint density at radius 1 is 1.59 bits per heavy atom. The Hall–Kier alpha value is -1.63. The molecule has 1 heterocycles. The largest absolute Gasteiger partial charge is 0.744 e. The summed E-state index contributed by atoms with van der Waals surface area (Å²) in [6.07, 6.45) is 3.56. The maximum absolute atomic E-state index is 10.9. The zero-order valence-electron chi connectivity index (χ0n) is 9.28. The number of hydrogen-bond acceptors (Lipinski definition) is 4. The number of pyridine rings is 1. The van der Waals surface area contributed by atoms with Gasteiger partial charge in [0.1, 0.15) is 21.6 Å². The summed E-state index contributed by atoms with van der Waals surface area (Å²) in [5, 5.41) is 3.36. The molecule has 8 heteroatoms. The molecule has 0 spiro atoms. The van der Waals surface area contributed by atoms with E-state index in [9.17, 15) is 13.0 Å². The van der Waals surface area contributed by atoms with E-state index in [2.05, 4.69) is 10.0 Å². The number of aromatic nitrogens is 1. The number of hydrogen-bond donors (Lipinski definition) is 0. The van der Waals surface area contributed by atoms with E-state index < -0.39 is 10.1 Å². The summed E-state index contributed by atoms with van der Waals surface area (Å²) in [6, 6.07) is 1.57. The molecule has 7 nitrogen and oxygen atoms in total. The van der Waals surface area contributed by atoms with Crippen LogP contribution in [0.5, 0.6) is 0 Å². The fourth-order valence-corrected chi connectivity index (χ4v) is 2.08. The molecule has 0 bridgehead atoms. The van der Waals surface area contributed by atoms with Crippen LogP contribution in [-0.4, -0.2) is 19.5 Å². The zero-order valence-corrected chi connectivity index (χ0v) is 10.1. The van der Waals surface area contributed by atoms with E-state index in [0.29, 0.717) is 25.1 Å². The van der Waals surface area contributed by atoms with Crippen LogP contribution in [0.1, 0.15) is 12.0 Å². The fourth-order valence-electron chi connectivity index (χ4n) is 1.35. The molecule has 92 valence electrons. The van der Waals surface area contributed by atoms with Gasteiger partial charge in [0.25, 0.3) is 0 Å². The second-order valence-corrected chi connectivity index (χ2v) is 4.84. The first kappa shape index (κ1) is 13.4. The van der Waals surface area contributed by atoms with Crippen LogP contribution in [0.2, 0.25) is 0 Å². The standard InChI is InChI=1S/C9H12N4O3S/c1-8-3-6-13(5-2-4-11-12-10)7-9(8)17(14,15)16/h3,6-7H,2,4-5H2,1H3. The minimum atomic E-state index is -4.44. The van der Waals surface area contributed by atoms with Crippen LogP contribution in [0.3, 0.4) is 0 Å². The summed E-state index contributed by atoms with van der Waals surface area (Å²) in [4.78, 5) is 2.39. The van der Waals surface area contributed by atoms with Gasteiger partial charge in [0, 0.05) is 23.9 Å². The van der Waals surface area contributed by atoms with Crippen LogP contribution < -0.4 is 4.57 Å². The average Bonchev–Trinajstić information content (AvgIpc) is 2.25. The SMILES string of the molecule is Cc1cc[n+](CCCN=[N+]=[N-])cc1S(=O)(=O)[O-]. The molecule has 0 radical (unpaired) electrons. The Balaban J connectivity index is 2.86. The van der Waals surface area contributed by atoms with Crippen molar-refractivity contribution in [3.8, 4) is 0 Å². The van der Waals surface area contributed by atoms with Crippen molar-refractivity contribution in [1.29, 1.82) is 0 Å². The first-order valence-corrected chi connectivity index (χ1v) is 6.32. The molecule has 0 unspecified atom stereocenters. The van der Waals surface area contributed by atoms with Crippen LogP contribution in [0.4, 0.5) is 0 Å². The molecular formula is C9H12N4O3S. The van der Waals surface area contributed by atoms with Gasteiger partial charge in [-0.05, 0) is 18.0 Å². The molecular weight excluding hydrogens is 244 g/mol. The highest BCUT2D eigenvalue weighted by molar-refractivity contribution is 7.85. The summed E-state index contributed by atoms with van der Waals surface area (Å²) in [6.45, 7) is 2.38. The van der Waals surface area contributed by atoms with E-state index in [-0.39, 0.29) is 4.90 Å². The molecule has 1 rings (SSSR count). The Morgan fingerprint density at radius 2 is 2.29 bits per heavy atom. The number of rotatable bonds is 5. The molecule has 0 saturated carbocycles. The van der Waals surface area contributed by atoms with Crippen molar-refractivity contribution < 1.29 is 17.5 Å². The maximum Gasteiger partial charge on any atom is 0.186 e. The summed E-state index contributed by atoms with van der Waals surface area (Å²) in [5.74, 6) is 0. The van der Waals surface area contributed by atoms with Crippen molar-refractivity contribution in [2.75, 3.05) is 6.54 Å². The van der Waals surface area contributed by atoms with Gasteiger partial charge >= 0.3 is 0 Å². The molecule has 0 saturated heterocycles. The Labute approximate surface area is 99.1 Å². The van der Waals surface area contributed by atoms with Crippen LogP contribution in [0.25, 0.3) is 10.4 Å². The van der Waals surface area contributed by atoms with E-state index in [0.717, 1.165) is 0 Å². The number of azide groups is 1. The van der Waals surface area contributed by atoms with Crippen molar-refractivity contribution >= 4 is 10.1 Å². The topological polar surface area (TPSA) is 110 Å². The Morgan fingerprint density at radius 3 is 2.88 bits per heavy atom. The first-order chi connectivity index (χ1) is 7.95. The Kier molecular flexibility index (Phi) is 4.45. The summed E-state index contributed by atoms with van der Waals surface area (Å²) in [5.41, 5.74) is 8.50. The molecule has 0 amide bonds. The van der Waals surface area contributed by atoms with Gasteiger partial charge in [-0.1, -0.05) is 5.11 Å². The highest BCUT2D eigenvalue weighted by Gasteiger charge is 2.11. The van der Waals surface area contributed by atoms with Gasteiger partial charge in [-0.2, -0.15) is 0 Å². The van der Waals surface area contributed by atoms with Crippen molar-refractivity contribution in [1.82, 2.24) is 0 Å². The highest BCUT2D eigenvalue weighted by atomic mass is 32.2. The second-order valence-electron chi connectivity index (χ2n) is 3.49. The van der Waals surface area contributed by atoms with E-state index in [4.69, 9.17) is 5.53 Å². The lowest BCUT2D eigenvalue weighted by Crippen LogP contribution is -2.34. The van der Waals surface area contributed by atoms with Crippen LogP contribution in [-0.2, 0) is 16.7 Å². The maximum atomic E-state index is 10.9. The lowest BCUT2D eigenvalue weighted by atomic mass is 10.3. The van der Waals surface area contributed by atoms with E-state index >= 15 is 0 Å². The number of nitrogens with zero attached hydrogens (tertiary/aromatic N) is 4. The van der Waals surface area contributed by atoms with Crippen molar-refractivity contribution in [3.05, 3.63) is 34.5 Å². The van der Waals surface area contributed by atoms with Gasteiger partial charge < -0.3 is 4.55 Å². The molecule has 0 aliphatic carbocycles. The predicted molar refractivity (Wildman–Crippen MR) is 58.0 cm³/mol. The normalized spacial score (nSPS) is 10.9. The number of aryl methyl sites for hydroxylation is 2. The van der Waals surface area contributed by atoms with Gasteiger partial charge in [-0.15, -0.1) is 0 Å². The minimum absolute atomic E-state index is 0.219. The average molecular weight is 256 g/mol. The molecule has 1 aromatic heterocycles. The third-order valence-electron chi connectivity index (χ3n) is 2.19. The summed E-state index contributed by atoms with van der Waals surface area (Å²) >= 11 is 0. The zero-order chi connectivity index (χ0) is 12.9. The van der Waals surface area contributed by atoms with Crippen LogP contribution in [0.15, 0.2) is 28.5 Å². The van der Waals surface area contributed by atoms with Gasteiger partial charge in [0.05, 0.1) is 0 Å². The summed E-state index contributed by atoms with van der Waals surface area (Å²) < 4.78 is 34.4. The first-order valence-electron chi connectivity index (χ1n) is 4.91. The summed E-state index contributed by atoms with van der Waals surface area (Å²) in [7, 11) is -4.44. The van der Waals surface area contributed by atoms with Crippen molar-refractivity contribution in [2.45, 2.75) is 24.8 Å². The smallest absolute Gasteiger partial charge is 0.186 e. The molecule has 0 atom stereocenters. The quantitative estimate of drug-likeness (QED) is 0.195. The van der Waals surface area contributed by atoms with Crippen molar-refractivity contribution in [2.24, 2.45) is 5.11 Å². The third-order valence-corrected chi connectivity index (χ3v) is 3.16. The van der Waals surface area contributed by atoms with Crippen LogP contribution in [0, 0.1) is 6.92 Å². The molecule has 0 fully saturated rings. The van der Waals surface area contributed by atoms with Crippen molar-refractivity contribution in [3.63, 3.8) is 0 Å². The second kappa shape index (κ2) is 5.62. The third kappa shape index (κ3) is 4.03. The highest BCUT2D eigenvalue weighted by Crippen LogP contribution is 2.10. The molecule has 0 N–H and O–H groups in total. The lowest BCUT2D eigenvalue weighted by Gasteiger charge is -2.08. The molecule has 17 heavy (non-hydrogen) atoms. The predicted octanol–water partition coefficient (Wildman–Crippen LogP) is 0.887. The van der Waals surface area contributed by atoms with E-state index in [1.807, 2.05) is 0 Å². The monoisotopic (exact) mass is 256 g/mol. The molecule has 1 aromatic rings. The molecule has 0 aliphatic rings. The fraction of sp³-hybridized carbons (Fsp3) is 0.444. The molecule has 0 aromatic carbocycles. The Bertz CT molecular complexity index is 549. The van der Waals surface area contributed by atoms with Gasteiger partial charge in [-0.3, -0.25) is 0 Å². The van der Waals surface area contributed by atoms with Gasteiger partial charge in [-0.25, -0.2) is 13.0 Å². The van der Waals surface area contributed by atoms with E-state index in [1.165, 1.54) is 6.20 Å². The van der Waals surface area contributed by atoms with Gasteiger partial charge in [0.2, 0.25) is 0 Å². The van der Waals surface area contributed by atoms with E-state index in [1.54, 1.807) is 23.8 Å².